The lowest BCUT2D eigenvalue weighted by Gasteiger charge is -2.34. The molecular weight excluding hydrogens is 630 g/mol. The molecule has 12 heteroatoms. The molecule has 0 radical (unpaired) electrons. The smallest absolute Gasteiger partial charge is 0.250 e. The Hall–Kier alpha value is -3.35. The SMILES string of the molecule is CN(C)CC(=O)N1CCc2cc(-c3cc4cccnc4n3S(=O)(=O)C3(C)C=C(Cl)C(c4cnc(C5(O)CCC5)s4)=CC3)ccc21. The summed E-state index contributed by atoms with van der Waals surface area (Å²) >= 11 is 8.24. The molecule has 1 saturated carbocycles. The molecule has 1 unspecified atom stereocenters. The maximum atomic E-state index is 14.7. The van der Waals surface area contributed by atoms with E-state index in [2.05, 4.69) is 9.97 Å². The van der Waals surface area contributed by atoms with Gasteiger partial charge >= 0.3 is 0 Å². The molecular formula is C33H34ClN5O4S2. The highest BCUT2D eigenvalue weighted by Crippen LogP contribution is 2.47. The number of nitrogens with zero attached hydrogens (tertiary/aromatic N) is 5. The normalized spacial score (nSPS) is 21.1. The molecule has 234 valence electrons. The first-order valence-corrected chi connectivity index (χ1v) is 17.6. The summed E-state index contributed by atoms with van der Waals surface area (Å²) in [6, 6.07) is 11.3. The first kappa shape index (κ1) is 30.3. The second-order valence-electron chi connectivity index (χ2n) is 12.6. The van der Waals surface area contributed by atoms with Crippen molar-refractivity contribution in [2.24, 2.45) is 0 Å². The number of carbonyl (C=O) groups excluding carboxylic acids is 1. The van der Waals surface area contributed by atoms with Crippen LogP contribution in [0.5, 0.6) is 0 Å². The Morgan fingerprint density at radius 1 is 1.18 bits per heavy atom. The third-order valence-corrected chi connectivity index (χ3v) is 13.0. The topological polar surface area (TPSA) is 109 Å². The average Bonchev–Trinajstić information content (AvgIpc) is 3.72. The molecule has 4 heterocycles. The molecule has 1 fully saturated rings. The van der Waals surface area contributed by atoms with Gasteiger partial charge in [0.25, 0.3) is 0 Å². The van der Waals surface area contributed by atoms with Crippen molar-refractivity contribution in [1.82, 2.24) is 18.8 Å². The lowest BCUT2D eigenvalue weighted by molar-refractivity contribution is -0.119. The number of fused-ring (bicyclic) bond motifs is 2. The van der Waals surface area contributed by atoms with E-state index in [1.807, 2.05) is 55.4 Å². The van der Waals surface area contributed by atoms with Crippen LogP contribution in [0, 0.1) is 0 Å². The maximum Gasteiger partial charge on any atom is 0.250 e. The van der Waals surface area contributed by atoms with Crippen molar-refractivity contribution in [2.75, 3.05) is 32.1 Å². The summed E-state index contributed by atoms with van der Waals surface area (Å²) in [7, 11) is -0.363. The van der Waals surface area contributed by atoms with Crippen LogP contribution in [0.25, 0.3) is 27.9 Å². The van der Waals surface area contributed by atoms with Crippen LogP contribution in [0.4, 0.5) is 5.69 Å². The molecule has 7 rings (SSSR count). The van der Waals surface area contributed by atoms with Crippen molar-refractivity contribution in [3.8, 4) is 11.3 Å². The van der Waals surface area contributed by atoms with Gasteiger partial charge in [-0.2, -0.15) is 0 Å². The zero-order valence-electron chi connectivity index (χ0n) is 25.3. The molecule has 1 amide bonds. The lowest BCUT2D eigenvalue weighted by Crippen LogP contribution is -2.39. The van der Waals surface area contributed by atoms with Gasteiger partial charge in [-0.25, -0.2) is 22.4 Å². The van der Waals surface area contributed by atoms with Crippen molar-refractivity contribution >= 4 is 61.2 Å². The van der Waals surface area contributed by atoms with E-state index in [0.29, 0.717) is 59.1 Å². The van der Waals surface area contributed by atoms with Crippen LogP contribution in [-0.2, 0) is 26.8 Å². The fourth-order valence-electron chi connectivity index (χ4n) is 6.38. The Bertz CT molecular complexity index is 2020. The number of pyridine rings is 1. The zero-order chi connectivity index (χ0) is 31.7. The quantitative estimate of drug-likeness (QED) is 0.277. The van der Waals surface area contributed by atoms with E-state index in [0.717, 1.165) is 33.7 Å². The van der Waals surface area contributed by atoms with Gasteiger partial charge in [0.2, 0.25) is 15.9 Å². The molecule has 0 saturated heterocycles. The van der Waals surface area contributed by atoms with Gasteiger partial charge in [-0.05, 0) is 101 Å². The number of aliphatic hydroxyl groups is 1. The second-order valence-corrected chi connectivity index (χ2v) is 16.3. The number of hydrogen-bond acceptors (Lipinski definition) is 8. The van der Waals surface area contributed by atoms with Gasteiger partial charge in [0.15, 0.2) is 5.65 Å². The summed E-state index contributed by atoms with van der Waals surface area (Å²) < 4.78 is 29.4. The Morgan fingerprint density at radius 2 is 1.98 bits per heavy atom. The van der Waals surface area contributed by atoms with Gasteiger partial charge in [-0.1, -0.05) is 23.7 Å². The molecule has 9 nitrogen and oxygen atoms in total. The van der Waals surface area contributed by atoms with Crippen LogP contribution >= 0.6 is 22.9 Å². The van der Waals surface area contributed by atoms with Gasteiger partial charge in [0, 0.05) is 40.6 Å². The van der Waals surface area contributed by atoms with E-state index in [-0.39, 0.29) is 12.3 Å². The first-order chi connectivity index (χ1) is 21.4. The van der Waals surface area contributed by atoms with Crippen LogP contribution in [0.15, 0.2) is 66.0 Å². The molecule has 0 bridgehead atoms. The number of allylic oxidation sites excluding steroid dienone is 3. The van der Waals surface area contributed by atoms with Crippen LogP contribution in [0.1, 0.15) is 48.1 Å². The predicted octanol–water partition coefficient (Wildman–Crippen LogP) is 5.53. The molecule has 1 N–H and O–H groups in total. The summed E-state index contributed by atoms with van der Waals surface area (Å²) in [6.07, 6.45) is 10.0. The van der Waals surface area contributed by atoms with Crippen LogP contribution in [0.2, 0.25) is 0 Å². The molecule has 3 aromatic heterocycles. The number of hydrogen-bond donors (Lipinski definition) is 1. The largest absolute Gasteiger partial charge is 0.383 e. The third-order valence-electron chi connectivity index (χ3n) is 9.12. The van der Waals surface area contributed by atoms with Crippen molar-refractivity contribution in [3.05, 3.63) is 81.4 Å². The molecule has 1 aliphatic heterocycles. The van der Waals surface area contributed by atoms with Gasteiger partial charge in [0.05, 0.1) is 17.1 Å². The number of thiazole rings is 1. The van der Waals surface area contributed by atoms with Gasteiger partial charge < -0.3 is 14.9 Å². The minimum Gasteiger partial charge on any atom is -0.383 e. The first-order valence-electron chi connectivity index (χ1n) is 15.0. The lowest BCUT2D eigenvalue weighted by atomic mass is 9.81. The Balaban J connectivity index is 1.26. The minimum atomic E-state index is -4.10. The second kappa shape index (κ2) is 10.9. The molecule has 1 atom stereocenters. The highest BCUT2D eigenvalue weighted by atomic mass is 35.5. The standard InChI is InChI=1S/C33H34ClN5O4S2/c1-32(13-9-24(25(34)18-32)28-19-36-31(44-28)33(41)11-5-12-33)45(42,43)39-27(17-23-6-4-14-35-30(23)39)21-7-8-26-22(16-21)10-15-38(26)29(40)20-37(2)3/h4,6-9,14,16-19,41H,5,10-13,15,20H2,1-3H3. The molecule has 0 spiro atoms. The summed E-state index contributed by atoms with van der Waals surface area (Å²) in [5.41, 5.74) is 3.28. The predicted molar refractivity (Wildman–Crippen MR) is 179 cm³/mol. The van der Waals surface area contributed by atoms with E-state index < -0.39 is 20.4 Å². The fraction of sp³-hybridized carbons (Fsp3) is 0.364. The Morgan fingerprint density at radius 3 is 2.69 bits per heavy atom. The van der Waals surface area contributed by atoms with Crippen molar-refractivity contribution in [3.63, 3.8) is 0 Å². The number of halogens is 1. The molecule has 3 aliphatic rings. The average molecular weight is 664 g/mol. The summed E-state index contributed by atoms with van der Waals surface area (Å²) in [5.74, 6) is 0.0298. The number of amides is 1. The van der Waals surface area contributed by atoms with Crippen LogP contribution in [0.3, 0.4) is 0 Å². The Labute approximate surface area is 271 Å². The van der Waals surface area contributed by atoms with Crippen molar-refractivity contribution in [2.45, 2.75) is 49.4 Å². The van der Waals surface area contributed by atoms with Crippen molar-refractivity contribution < 1.29 is 18.3 Å². The third kappa shape index (κ3) is 4.96. The van der Waals surface area contributed by atoms with E-state index in [1.54, 1.807) is 36.4 Å². The molecule has 2 aliphatic carbocycles. The number of rotatable bonds is 7. The molecule has 45 heavy (non-hydrogen) atoms. The Kier molecular flexibility index (Phi) is 7.33. The van der Waals surface area contributed by atoms with E-state index >= 15 is 0 Å². The number of benzene rings is 1. The van der Waals surface area contributed by atoms with Crippen LogP contribution < -0.4 is 4.90 Å². The number of anilines is 1. The highest BCUT2D eigenvalue weighted by Gasteiger charge is 2.44. The fourth-order valence-corrected chi connectivity index (χ4v) is 9.82. The minimum absolute atomic E-state index is 0.0298. The highest BCUT2D eigenvalue weighted by molar-refractivity contribution is 7.91. The summed E-state index contributed by atoms with van der Waals surface area (Å²) in [5, 5.41) is 12.5. The molecule has 4 aromatic rings. The monoisotopic (exact) mass is 663 g/mol. The van der Waals surface area contributed by atoms with Crippen molar-refractivity contribution in [1.29, 1.82) is 0 Å². The number of carbonyl (C=O) groups is 1. The number of aromatic nitrogens is 3. The van der Waals surface area contributed by atoms with E-state index in [4.69, 9.17) is 11.6 Å². The van der Waals surface area contributed by atoms with E-state index in [9.17, 15) is 18.3 Å². The number of likely N-dealkylation sites (N-methyl/N-ethyl adjacent to an activating group) is 1. The van der Waals surface area contributed by atoms with Gasteiger partial charge in [-0.15, -0.1) is 11.3 Å². The maximum absolute atomic E-state index is 14.7. The van der Waals surface area contributed by atoms with Gasteiger partial charge in [-0.3, -0.25) is 4.79 Å². The zero-order valence-corrected chi connectivity index (χ0v) is 27.7. The summed E-state index contributed by atoms with van der Waals surface area (Å²) in [4.78, 5) is 26.3. The van der Waals surface area contributed by atoms with Gasteiger partial charge in [0.1, 0.15) is 15.4 Å². The van der Waals surface area contributed by atoms with E-state index in [1.165, 1.54) is 15.3 Å². The molecule has 1 aromatic carbocycles. The summed E-state index contributed by atoms with van der Waals surface area (Å²) in [6.45, 7) is 2.59. The van der Waals surface area contributed by atoms with Crippen LogP contribution in [-0.4, -0.2) is 70.2 Å².